The Labute approximate surface area is 105 Å². The predicted octanol–water partition coefficient (Wildman–Crippen LogP) is 4.57. The van der Waals surface area contributed by atoms with E-state index in [1.807, 2.05) is 18.2 Å². The summed E-state index contributed by atoms with van der Waals surface area (Å²) >= 11 is 9.31. The Morgan fingerprint density at radius 1 is 1.47 bits per heavy atom. The molecule has 0 saturated carbocycles. The average molecular weight is 292 g/mol. The molecule has 0 saturated heterocycles. The Balaban J connectivity index is 2.81. The number of halogens is 2. The normalized spacial score (nSPS) is 15.0. The quantitative estimate of drug-likeness (QED) is 0.861. The summed E-state index contributed by atoms with van der Waals surface area (Å²) < 4.78 is 0.864. The molecule has 3 heteroatoms. The summed E-state index contributed by atoms with van der Waals surface area (Å²) in [6, 6.07) is 5.61. The molecule has 0 radical (unpaired) electrons. The van der Waals surface area contributed by atoms with Gasteiger partial charge in [0.15, 0.2) is 0 Å². The summed E-state index contributed by atoms with van der Waals surface area (Å²) in [5.74, 6) is 0.271. The zero-order valence-electron chi connectivity index (χ0n) is 9.00. The Morgan fingerprint density at radius 3 is 2.67 bits per heavy atom. The van der Waals surface area contributed by atoms with Gasteiger partial charge in [0.25, 0.3) is 0 Å². The molecule has 0 heterocycles. The molecule has 1 aromatic rings. The molecule has 15 heavy (non-hydrogen) atoms. The molecule has 0 spiro atoms. The van der Waals surface area contributed by atoms with Crippen molar-refractivity contribution in [2.45, 2.75) is 32.8 Å². The third-order valence-electron chi connectivity index (χ3n) is 2.57. The first-order valence-corrected chi connectivity index (χ1v) is 6.36. The van der Waals surface area contributed by atoms with Gasteiger partial charge in [-0.05, 0) is 46.0 Å². The lowest BCUT2D eigenvalue weighted by atomic mass is 9.94. The zero-order valence-corrected chi connectivity index (χ0v) is 11.3. The third-order valence-corrected chi connectivity index (χ3v) is 3.80. The molecule has 0 aliphatic carbocycles. The van der Waals surface area contributed by atoms with Gasteiger partial charge in [-0.1, -0.05) is 37.9 Å². The minimum atomic E-state index is -0.421. The fraction of sp³-hybridized carbons (Fsp3) is 0.500. The Morgan fingerprint density at radius 2 is 2.13 bits per heavy atom. The van der Waals surface area contributed by atoms with E-state index in [2.05, 4.69) is 29.8 Å². The van der Waals surface area contributed by atoms with E-state index in [-0.39, 0.29) is 5.92 Å². The van der Waals surface area contributed by atoms with Gasteiger partial charge in [-0.15, -0.1) is 0 Å². The van der Waals surface area contributed by atoms with E-state index in [0.29, 0.717) is 5.02 Å². The van der Waals surface area contributed by atoms with Crippen molar-refractivity contribution in [1.82, 2.24) is 0 Å². The first-order valence-electron chi connectivity index (χ1n) is 5.19. The van der Waals surface area contributed by atoms with E-state index in [1.165, 1.54) is 0 Å². The zero-order chi connectivity index (χ0) is 11.4. The lowest BCUT2D eigenvalue weighted by molar-refractivity contribution is 0.112. The molecule has 0 bridgehead atoms. The van der Waals surface area contributed by atoms with E-state index in [4.69, 9.17) is 11.6 Å². The average Bonchev–Trinajstić information content (AvgIpc) is 2.21. The summed E-state index contributed by atoms with van der Waals surface area (Å²) in [5, 5.41) is 10.7. The van der Waals surface area contributed by atoms with E-state index < -0.39 is 6.10 Å². The lowest BCUT2D eigenvalue weighted by Gasteiger charge is -2.18. The maximum atomic E-state index is 10.1. The summed E-state index contributed by atoms with van der Waals surface area (Å²) in [6.07, 6.45) is 1.69. The largest absolute Gasteiger partial charge is 0.388 e. The number of benzene rings is 1. The fourth-order valence-corrected chi connectivity index (χ4v) is 2.07. The highest BCUT2D eigenvalue weighted by molar-refractivity contribution is 9.10. The Kier molecular flexibility index (Phi) is 5.10. The molecule has 2 unspecified atom stereocenters. The molecule has 1 aromatic carbocycles. The van der Waals surface area contributed by atoms with Crippen molar-refractivity contribution in [2.24, 2.45) is 5.92 Å². The van der Waals surface area contributed by atoms with Crippen molar-refractivity contribution in [3.8, 4) is 0 Å². The standard InChI is InChI=1S/C12H16BrClO/c1-3-4-8(2)12(15)9-5-6-10(13)11(14)7-9/h5-8,12,15H,3-4H2,1-2H3. The SMILES string of the molecule is CCCC(C)C(O)c1ccc(Br)c(Cl)c1. The van der Waals surface area contributed by atoms with Crippen LogP contribution in [-0.4, -0.2) is 5.11 Å². The minimum Gasteiger partial charge on any atom is -0.388 e. The number of rotatable bonds is 4. The van der Waals surface area contributed by atoms with Crippen molar-refractivity contribution in [3.05, 3.63) is 33.3 Å². The van der Waals surface area contributed by atoms with Crippen LogP contribution in [0.2, 0.25) is 5.02 Å². The summed E-state index contributed by atoms with van der Waals surface area (Å²) in [5.41, 5.74) is 0.893. The lowest BCUT2D eigenvalue weighted by Crippen LogP contribution is -2.08. The number of aliphatic hydroxyl groups excluding tert-OH is 1. The smallest absolute Gasteiger partial charge is 0.0816 e. The fourth-order valence-electron chi connectivity index (χ4n) is 1.64. The minimum absolute atomic E-state index is 0.271. The van der Waals surface area contributed by atoms with Gasteiger partial charge in [0.1, 0.15) is 0 Å². The molecule has 1 nitrogen and oxygen atoms in total. The van der Waals surface area contributed by atoms with Gasteiger partial charge in [-0.25, -0.2) is 0 Å². The first kappa shape index (κ1) is 13.0. The van der Waals surface area contributed by atoms with Crippen molar-refractivity contribution in [3.63, 3.8) is 0 Å². The number of hydrogen-bond acceptors (Lipinski definition) is 1. The highest BCUT2D eigenvalue weighted by Gasteiger charge is 2.16. The van der Waals surface area contributed by atoms with Gasteiger partial charge >= 0.3 is 0 Å². The summed E-state index contributed by atoms with van der Waals surface area (Å²) in [4.78, 5) is 0. The van der Waals surface area contributed by atoms with E-state index in [1.54, 1.807) is 0 Å². The molecule has 0 aromatic heterocycles. The molecule has 0 aliphatic heterocycles. The molecule has 1 N–H and O–H groups in total. The van der Waals surface area contributed by atoms with Crippen LogP contribution in [0.5, 0.6) is 0 Å². The summed E-state index contributed by atoms with van der Waals surface area (Å²) in [7, 11) is 0. The van der Waals surface area contributed by atoms with Gasteiger partial charge in [0.05, 0.1) is 11.1 Å². The van der Waals surface area contributed by atoms with Crippen molar-refractivity contribution in [1.29, 1.82) is 0 Å². The van der Waals surface area contributed by atoms with Crippen LogP contribution in [0.1, 0.15) is 38.4 Å². The predicted molar refractivity (Wildman–Crippen MR) is 68.2 cm³/mol. The molecule has 0 aliphatic rings. The Bertz CT molecular complexity index is 327. The molecule has 2 atom stereocenters. The molecule has 1 rings (SSSR count). The van der Waals surface area contributed by atoms with Gasteiger partial charge in [-0.3, -0.25) is 0 Å². The molecular formula is C12H16BrClO. The number of aliphatic hydroxyl groups is 1. The van der Waals surface area contributed by atoms with Crippen molar-refractivity contribution < 1.29 is 5.11 Å². The van der Waals surface area contributed by atoms with Crippen LogP contribution in [0.15, 0.2) is 22.7 Å². The Hall–Kier alpha value is -0.0500. The second kappa shape index (κ2) is 5.88. The van der Waals surface area contributed by atoms with Gasteiger partial charge < -0.3 is 5.11 Å². The van der Waals surface area contributed by atoms with Crippen molar-refractivity contribution >= 4 is 27.5 Å². The van der Waals surface area contributed by atoms with Gasteiger partial charge in [-0.2, -0.15) is 0 Å². The van der Waals surface area contributed by atoms with Crippen LogP contribution >= 0.6 is 27.5 Å². The first-order chi connectivity index (χ1) is 7.06. The van der Waals surface area contributed by atoms with Crippen LogP contribution in [0.25, 0.3) is 0 Å². The van der Waals surface area contributed by atoms with Crippen LogP contribution in [0.4, 0.5) is 0 Å². The molecule has 0 fully saturated rings. The maximum Gasteiger partial charge on any atom is 0.0816 e. The summed E-state index contributed by atoms with van der Waals surface area (Å²) in [6.45, 7) is 4.18. The highest BCUT2D eigenvalue weighted by Crippen LogP contribution is 2.30. The van der Waals surface area contributed by atoms with E-state index in [9.17, 15) is 5.11 Å². The third kappa shape index (κ3) is 3.47. The monoisotopic (exact) mass is 290 g/mol. The van der Waals surface area contributed by atoms with Gasteiger partial charge in [0.2, 0.25) is 0 Å². The van der Waals surface area contributed by atoms with Crippen molar-refractivity contribution in [2.75, 3.05) is 0 Å². The topological polar surface area (TPSA) is 20.2 Å². The number of hydrogen-bond donors (Lipinski definition) is 1. The second-order valence-electron chi connectivity index (χ2n) is 3.88. The molecular weight excluding hydrogens is 275 g/mol. The second-order valence-corrected chi connectivity index (χ2v) is 5.15. The van der Waals surface area contributed by atoms with Crippen LogP contribution in [0.3, 0.4) is 0 Å². The van der Waals surface area contributed by atoms with Crippen LogP contribution in [-0.2, 0) is 0 Å². The maximum absolute atomic E-state index is 10.1. The molecule has 0 amide bonds. The van der Waals surface area contributed by atoms with Crippen LogP contribution in [0, 0.1) is 5.92 Å². The van der Waals surface area contributed by atoms with Gasteiger partial charge in [0, 0.05) is 4.47 Å². The van der Waals surface area contributed by atoms with E-state index >= 15 is 0 Å². The molecule has 84 valence electrons. The van der Waals surface area contributed by atoms with E-state index in [0.717, 1.165) is 22.9 Å². The highest BCUT2D eigenvalue weighted by atomic mass is 79.9. The van der Waals surface area contributed by atoms with Crippen LogP contribution < -0.4 is 0 Å².